The minimum atomic E-state index is -2.38. The Morgan fingerprint density at radius 3 is 2.53 bits per heavy atom. The quantitative estimate of drug-likeness (QED) is 0.324. The fourth-order valence-electron chi connectivity index (χ4n) is 0.639. The van der Waals surface area contributed by atoms with Crippen molar-refractivity contribution >= 4 is 57.8 Å². The maximum atomic E-state index is 10.6. The molecule has 88 valence electrons. The largest absolute Gasteiger partial charge is 0.760 e. The average Bonchev–Trinajstić information content (AvgIpc) is 2.08. The smallest absolute Gasteiger partial charge is 0.199 e. The van der Waals surface area contributed by atoms with Crippen molar-refractivity contribution in [2.45, 2.75) is 3.79 Å². The Balaban J connectivity index is 3.73. The number of nitrogens with zero attached hydrogens (tertiary/aromatic N) is 2. The zero-order chi connectivity index (χ0) is 11.9. The third kappa shape index (κ3) is 9.69. The molecule has 0 aliphatic rings. The van der Waals surface area contributed by atoms with Gasteiger partial charge in [-0.1, -0.05) is 34.8 Å². The molecule has 0 spiro atoms. The van der Waals surface area contributed by atoms with Crippen molar-refractivity contribution < 1.29 is 8.76 Å². The lowest BCUT2D eigenvalue weighted by Crippen LogP contribution is -2.28. The fraction of sp³-hybridized carbons (Fsp3) is 0.833. The van der Waals surface area contributed by atoms with Crippen molar-refractivity contribution in [2.75, 3.05) is 24.6 Å². The first-order chi connectivity index (χ1) is 6.87. The number of rotatable bonds is 6. The van der Waals surface area contributed by atoms with Gasteiger partial charge in [-0.15, -0.1) is 0 Å². The van der Waals surface area contributed by atoms with E-state index in [-0.39, 0.29) is 18.8 Å². The van der Waals surface area contributed by atoms with Crippen molar-refractivity contribution in [2.24, 2.45) is 0 Å². The second-order valence-corrected chi connectivity index (χ2v) is 6.98. The molecule has 0 aromatic heterocycles. The zero-order valence-corrected chi connectivity index (χ0v) is 11.4. The summed E-state index contributed by atoms with van der Waals surface area (Å²) in [6, 6.07) is 1.75. The molecule has 0 aromatic rings. The van der Waals surface area contributed by atoms with Crippen LogP contribution in [-0.2, 0) is 11.3 Å². The molecule has 15 heavy (non-hydrogen) atoms. The molecule has 1 unspecified atom stereocenters. The van der Waals surface area contributed by atoms with E-state index in [2.05, 4.69) is 0 Å². The van der Waals surface area contributed by atoms with E-state index in [0.29, 0.717) is 5.75 Å². The summed E-state index contributed by atoms with van der Waals surface area (Å²) in [5, 5.41) is 8.34. The molecule has 0 radical (unpaired) electrons. The standard InChI is InChI=1S/C6H9Cl3N2O2S2/c7-6(8,9)5-14-4-3-11(2-1-10)15(12)13/h2-5H2,(H,12,13)/p-1. The van der Waals surface area contributed by atoms with Crippen molar-refractivity contribution in [1.29, 1.82) is 5.26 Å². The highest BCUT2D eigenvalue weighted by atomic mass is 35.6. The van der Waals surface area contributed by atoms with Crippen LogP contribution in [0.5, 0.6) is 0 Å². The predicted molar refractivity (Wildman–Crippen MR) is 63.7 cm³/mol. The molecule has 0 amide bonds. The first kappa shape index (κ1) is 15.8. The van der Waals surface area contributed by atoms with Gasteiger partial charge >= 0.3 is 0 Å². The molecular weight excluding hydrogens is 303 g/mol. The van der Waals surface area contributed by atoms with Crippen LogP contribution in [0.25, 0.3) is 0 Å². The van der Waals surface area contributed by atoms with E-state index in [1.54, 1.807) is 6.07 Å². The Bertz CT molecular complexity index is 254. The van der Waals surface area contributed by atoms with Gasteiger partial charge in [0, 0.05) is 29.3 Å². The van der Waals surface area contributed by atoms with Gasteiger partial charge in [-0.2, -0.15) is 17.0 Å². The number of alkyl halides is 3. The van der Waals surface area contributed by atoms with E-state index in [4.69, 9.17) is 40.1 Å². The summed E-state index contributed by atoms with van der Waals surface area (Å²) in [7, 11) is 0. The van der Waals surface area contributed by atoms with Crippen LogP contribution < -0.4 is 0 Å². The van der Waals surface area contributed by atoms with E-state index in [1.165, 1.54) is 11.8 Å². The van der Waals surface area contributed by atoms with Crippen molar-refractivity contribution in [3.63, 3.8) is 0 Å². The average molecular weight is 311 g/mol. The molecule has 0 rings (SSSR count). The molecule has 0 bridgehead atoms. The summed E-state index contributed by atoms with van der Waals surface area (Å²) in [6.07, 6.45) is 0. The maximum Gasteiger partial charge on any atom is 0.199 e. The highest BCUT2D eigenvalue weighted by Crippen LogP contribution is 2.30. The second kappa shape index (κ2) is 7.96. The summed E-state index contributed by atoms with van der Waals surface area (Å²) in [6.45, 7) is 0.0690. The molecule has 0 saturated carbocycles. The van der Waals surface area contributed by atoms with Gasteiger partial charge in [-0.05, 0) is 0 Å². The molecule has 1 atom stereocenters. The van der Waals surface area contributed by atoms with Crippen LogP contribution in [0.3, 0.4) is 0 Å². The molecule has 0 saturated heterocycles. The van der Waals surface area contributed by atoms with Crippen molar-refractivity contribution in [3.05, 3.63) is 0 Å². The molecule has 0 aromatic carbocycles. The molecule has 9 heteroatoms. The zero-order valence-electron chi connectivity index (χ0n) is 7.49. The molecule has 0 fully saturated rings. The highest BCUT2D eigenvalue weighted by molar-refractivity contribution is 7.99. The van der Waals surface area contributed by atoms with Gasteiger partial charge in [0.15, 0.2) is 3.79 Å². The number of thioether (sulfide) groups is 1. The minimum Gasteiger partial charge on any atom is -0.760 e. The summed E-state index contributed by atoms with van der Waals surface area (Å²) in [5.41, 5.74) is 0. The van der Waals surface area contributed by atoms with E-state index in [1.807, 2.05) is 0 Å². The SMILES string of the molecule is N#CCN(CCSCC(Cl)(Cl)Cl)S(=O)[O-]. The van der Waals surface area contributed by atoms with Crippen molar-refractivity contribution in [1.82, 2.24) is 4.31 Å². The predicted octanol–water partition coefficient (Wildman–Crippen LogP) is 1.71. The number of halogens is 3. The van der Waals surface area contributed by atoms with E-state index in [0.717, 1.165) is 4.31 Å². The first-order valence-electron chi connectivity index (χ1n) is 3.72. The van der Waals surface area contributed by atoms with E-state index in [9.17, 15) is 8.76 Å². The summed E-state index contributed by atoms with van der Waals surface area (Å²) < 4.78 is 20.8. The van der Waals surface area contributed by atoms with Gasteiger partial charge in [-0.25, -0.2) is 4.31 Å². The third-order valence-corrected chi connectivity index (χ3v) is 3.93. The number of hydrogen-bond donors (Lipinski definition) is 0. The summed E-state index contributed by atoms with van der Waals surface area (Å²) in [5.74, 6) is 0.757. The molecule has 0 aliphatic heterocycles. The Hall–Kier alpha value is 0.780. The lowest BCUT2D eigenvalue weighted by Gasteiger charge is -2.21. The van der Waals surface area contributed by atoms with Crippen LogP contribution in [0.1, 0.15) is 0 Å². The van der Waals surface area contributed by atoms with Crippen LogP contribution in [0.4, 0.5) is 0 Å². The number of hydrogen-bond acceptors (Lipinski definition) is 4. The van der Waals surface area contributed by atoms with E-state index >= 15 is 0 Å². The molecule has 0 heterocycles. The van der Waals surface area contributed by atoms with Crippen LogP contribution >= 0.6 is 46.6 Å². The van der Waals surface area contributed by atoms with Crippen LogP contribution in [0, 0.1) is 11.3 Å². The lowest BCUT2D eigenvalue weighted by atomic mass is 10.6. The van der Waals surface area contributed by atoms with Crippen molar-refractivity contribution in [3.8, 4) is 6.07 Å². The Labute approximate surface area is 110 Å². The van der Waals surface area contributed by atoms with Gasteiger partial charge in [0.05, 0.1) is 12.6 Å². The van der Waals surface area contributed by atoms with Crippen LogP contribution in [0.15, 0.2) is 0 Å². The van der Waals surface area contributed by atoms with Gasteiger partial charge in [0.1, 0.15) is 0 Å². The molecular formula is C6H8Cl3N2O2S2-. The first-order valence-corrected chi connectivity index (χ1v) is 7.04. The molecule has 0 aliphatic carbocycles. The molecule has 4 nitrogen and oxygen atoms in total. The van der Waals surface area contributed by atoms with Gasteiger partial charge in [0.25, 0.3) is 0 Å². The maximum absolute atomic E-state index is 10.6. The lowest BCUT2D eigenvalue weighted by molar-refractivity contribution is 0.429. The Morgan fingerprint density at radius 2 is 2.13 bits per heavy atom. The second-order valence-electron chi connectivity index (χ2n) is 2.41. The minimum absolute atomic E-state index is 0.162. The van der Waals surface area contributed by atoms with Crippen LogP contribution in [-0.4, -0.2) is 41.5 Å². The van der Waals surface area contributed by atoms with Crippen LogP contribution in [0.2, 0.25) is 0 Å². The summed E-state index contributed by atoms with van der Waals surface area (Å²) in [4.78, 5) is 0. The molecule has 0 N–H and O–H groups in total. The number of nitriles is 1. The normalized spacial score (nSPS) is 13.9. The van der Waals surface area contributed by atoms with Gasteiger partial charge in [-0.3, -0.25) is 4.21 Å². The topological polar surface area (TPSA) is 67.2 Å². The Morgan fingerprint density at radius 1 is 1.53 bits per heavy atom. The highest BCUT2D eigenvalue weighted by Gasteiger charge is 2.19. The fourth-order valence-corrected chi connectivity index (χ4v) is 2.58. The van der Waals surface area contributed by atoms with E-state index < -0.39 is 15.1 Å². The Kier molecular flexibility index (Phi) is 8.37. The third-order valence-electron chi connectivity index (χ3n) is 1.21. The monoisotopic (exact) mass is 309 g/mol. The van der Waals surface area contributed by atoms with Gasteiger partial charge in [0.2, 0.25) is 0 Å². The van der Waals surface area contributed by atoms with Gasteiger partial charge < -0.3 is 4.55 Å². The summed E-state index contributed by atoms with van der Waals surface area (Å²) >= 11 is 15.4.